The average molecular weight is 212 g/mol. The summed E-state index contributed by atoms with van der Waals surface area (Å²) in [5.41, 5.74) is 0.739. The van der Waals surface area contributed by atoms with Gasteiger partial charge in [0.1, 0.15) is 11.6 Å². The highest BCUT2D eigenvalue weighted by molar-refractivity contribution is 7.17. The van der Waals surface area contributed by atoms with E-state index in [4.69, 9.17) is 9.84 Å². The molecule has 0 aliphatic heterocycles. The summed E-state index contributed by atoms with van der Waals surface area (Å²) >= 11 is 1.45. The Bertz CT molecular complexity index is 464. The van der Waals surface area contributed by atoms with Crippen molar-refractivity contribution in [1.82, 2.24) is 0 Å². The average Bonchev–Trinajstić information content (AvgIpc) is 2.59. The van der Waals surface area contributed by atoms with Gasteiger partial charge in [-0.1, -0.05) is 0 Å². The molecule has 0 fully saturated rings. The molecule has 0 saturated carbocycles. The second-order valence-electron chi connectivity index (χ2n) is 2.90. The van der Waals surface area contributed by atoms with Crippen molar-refractivity contribution in [3.8, 4) is 5.75 Å². The predicted octanol–water partition coefficient (Wildman–Crippen LogP) is 2.54. The molecular weight excluding hydrogens is 203 g/mol. The molecule has 0 aliphatic carbocycles. The lowest BCUT2D eigenvalue weighted by atomic mass is 10.2. The van der Waals surface area contributed by atoms with Gasteiger partial charge in [0, 0.05) is 11.5 Å². The van der Waals surface area contributed by atoms with Crippen molar-refractivity contribution in [1.29, 1.82) is 0 Å². The monoisotopic (exact) mass is 212 g/mol. The highest BCUT2D eigenvalue weighted by Gasteiger charge is 2.09. The zero-order chi connectivity index (χ0) is 10.1. The number of halogens is 1. The van der Waals surface area contributed by atoms with Gasteiger partial charge in [-0.05, 0) is 17.0 Å². The summed E-state index contributed by atoms with van der Waals surface area (Å²) in [6.07, 6.45) is 0. The number of methoxy groups -OCH3 is 1. The summed E-state index contributed by atoms with van der Waals surface area (Å²) in [5, 5.41) is 11.6. The topological polar surface area (TPSA) is 29.5 Å². The molecule has 1 N–H and O–H groups in total. The molecule has 4 heteroatoms. The molecule has 0 spiro atoms. The van der Waals surface area contributed by atoms with E-state index in [1.807, 2.05) is 5.38 Å². The highest BCUT2D eigenvalue weighted by Crippen LogP contribution is 2.34. The van der Waals surface area contributed by atoms with Gasteiger partial charge in [0.05, 0.1) is 18.4 Å². The summed E-state index contributed by atoms with van der Waals surface area (Å²) in [5.74, 6) is 0.173. The maximum atomic E-state index is 13.1. The Kier molecular flexibility index (Phi) is 2.39. The number of benzene rings is 1. The van der Waals surface area contributed by atoms with Crippen molar-refractivity contribution in [3.63, 3.8) is 0 Å². The number of hydrogen-bond donors (Lipinski definition) is 1. The number of thiophene rings is 1. The minimum atomic E-state index is -0.345. The summed E-state index contributed by atoms with van der Waals surface area (Å²) in [6.45, 7) is -0.0768. The molecular formula is C10H9FO2S. The van der Waals surface area contributed by atoms with Crippen molar-refractivity contribution < 1.29 is 14.2 Å². The van der Waals surface area contributed by atoms with Crippen molar-refractivity contribution in [3.05, 3.63) is 28.9 Å². The first-order chi connectivity index (χ1) is 6.76. The van der Waals surface area contributed by atoms with Crippen LogP contribution in [-0.4, -0.2) is 12.2 Å². The minimum Gasteiger partial charge on any atom is -0.495 e. The minimum absolute atomic E-state index is 0.0768. The van der Waals surface area contributed by atoms with Crippen molar-refractivity contribution in [2.24, 2.45) is 0 Å². The Morgan fingerprint density at radius 3 is 2.93 bits per heavy atom. The summed E-state index contributed by atoms with van der Waals surface area (Å²) in [4.78, 5) is 0. The second-order valence-corrected chi connectivity index (χ2v) is 3.78. The van der Waals surface area contributed by atoms with E-state index in [1.54, 1.807) is 0 Å². The van der Waals surface area contributed by atoms with E-state index in [0.29, 0.717) is 5.75 Å². The number of aliphatic hydroxyl groups excluding tert-OH is 1. The summed E-state index contributed by atoms with van der Waals surface area (Å²) in [6, 6.07) is 2.76. The number of fused-ring (bicyclic) bond motifs is 1. The zero-order valence-corrected chi connectivity index (χ0v) is 8.40. The van der Waals surface area contributed by atoms with Gasteiger partial charge in [0.25, 0.3) is 0 Å². The zero-order valence-electron chi connectivity index (χ0n) is 7.58. The van der Waals surface area contributed by atoms with Gasteiger partial charge in [0.2, 0.25) is 0 Å². The second kappa shape index (κ2) is 3.55. The van der Waals surface area contributed by atoms with Crippen LogP contribution >= 0.6 is 11.3 Å². The lowest BCUT2D eigenvalue weighted by Crippen LogP contribution is -1.86. The van der Waals surface area contributed by atoms with E-state index < -0.39 is 0 Å². The molecule has 74 valence electrons. The standard InChI is InChI=1S/C10H9FO2S/c1-13-9-3-7(11)2-8-6(4-12)5-14-10(8)9/h2-3,5,12H,4H2,1H3. The van der Waals surface area contributed by atoms with Gasteiger partial charge in [-0.3, -0.25) is 0 Å². The van der Waals surface area contributed by atoms with E-state index in [1.165, 1.54) is 30.6 Å². The number of aliphatic hydroxyl groups is 1. The fourth-order valence-electron chi connectivity index (χ4n) is 1.40. The highest BCUT2D eigenvalue weighted by atomic mass is 32.1. The quantitative estimate of drug-likeness (QED) is 0.829. The maximum Gasteiger partial charge on any atom is 0.139 e. The lowest BCUT2D eigenvalue weighted by molar-refractivity contribution is 0.284. The van der Waals surface area contributed by atoms with Gasteiger partial charge in [-0.2, -0.15) is 0 Å². The molecule has 0 amide bonds. The molecule has 0 bridgehead atoms. The molecule has 2 nitrogen and oxygen atoms in total. The number of rotatable bonds is 2. The van der Waals surface area contributed by atoms with Crippen LogP contribution in [0.5, 0.6) is 5.75 Å². The van der Waals surface area contributed by atoms with Crippen molar-refractivity contribution in [2.45, 2.75) is 6.61 Å². The van der Waals surface area contributed by atoms with E-state index in [0.717, 1.165) is 15.6 Å². The van der Waals surface area contributed by atoms with E-state index in [2.05, 4.69) is 0 Å². The van der Waals surface area contributed by atoms with Gasteiger partial charge in [-0.15, -0.1) is 11.3 Å². The number of ether oxygens (including phenoxy) is 1. The van der Waals surface area contributed by atoms with Crippen LogP contribution in [0.2, 0.25) is 0 Å². The van der Waals surface area contributed by atoms with Crippen molar-refractivity contribution >= 4 is 21.4 Å². The van der Waals surface area contributed by atoms with E-state index in [9.17, 15) is 4.39 Å². The Morgan fingerprint density at radius 2 is 2.29 bits per heavy atom. The Hall–Kier alpha value is -1.13. The third-order valence-electron chi connectivity index (χ3n) is 2.07. The van der Waals surface area contributed by atoms with Gasteiger partial charge < -0.3 is 9.84 Å². The largest absolute Gasteiger partial charge is 0.495 e. The first-order valence-electron chi connectivity index (χ1n) is 4.10. The molecule has 14 heavy (non-hydrogen) atoms. The Labute approximate surface area is 84.6 Å². The van der Waals surface area contributed by atoms with Crippen LogP contribution in [0.15, 0.2) is 17.5 Å². The number of hydrogen-bond acceptors (Lipinski definition) is 3. The van der Waals surface area contributed by atoms with Gasteiger partial charge in [0.15, 0.2) is 0 Å². The molecule has 0 radical (unpaired) electrons. The first kappa shape index (κ1) is 9.43. The van der Waals surface area contributed by atoms with Crippen LogP contribution in [0.1, 0.15) is 5.56 Å². The smallest absolute Gasteiger partial charge is 0.139 e. The van der Waals surface area contributed by atoms with Crippen LogP contribution in [0.3, 0.4) is 0 Å². The molecule has 2 aromatic rings. The van der Waals surface area contributed by atoms with Gasteiger partial charge >= 0.3 is 0 Å². The molecule has 0 saturated heterocycles. The van der Waals surface area contributed by atoms with Crippen LogP contribution < -0.4 is 4.74 Å². The van der Waals surface area contributed by atoms with Crippen LogP contribution in [-0.2, 0) is 6.61 Å². The van der Waals surface area contributed by atoms with Gasteiger partial charge in [-0.25, -0.2) is 4.39 Å². The third kappa shape index (κ3) is 1.36. The van der Waals surface area contributed by atoms with Crippen molar-refractivity contribution in [2.75, 3.05) is 7.11 Å². The maximum absolute atomic E-state index is 13.1. The lowest BCUT2D eigenvalue weighted by Gasteiger charge is -2.02. The van der Waals surface area contributed by atoms with E-state index in [-0.39, 0.29) is 12.4 Å². The molecule has 2 rings (SSSR count). The Balaban J connectivity index is 2.76. The normalized spacial score (nSPS) is 10.8. The van der Waals surface area contributed by atoms with Crippen LogP contribution in [0.25, 0.3) is 10.1 Å². The first-order valence-corrected chi connectivity index (χ1v) is 4.98. The molecule has 0 unspecified atom stereocenters. The predicted molar refractivity (Wildman–Crippen MR) is 54.3 cm³/mol. The summed E-state index contributed by atoms with van der Waals surface area (Å²) < 4.78 is 19.0. The molecule has 1 aromatic carbocycles. The van der Waals surface area contributed by atoms with Crippen LogP contribution in [0, 0.1) is 5.82 Å². The SMILES string of the molecule is COc1cc(F)cc2c(CO)csc12. The third-order valence-corrected chi connectivity index (χ3v) is 3.13. The molecule has 0 aliphatic rings. The molecule has 1 heterocycles. The summed E-state index contributed by atoms with van der Waals surface area (Å²) in [7, 11) is 1.51. The fraction of sp³-hybridized carbons (Fsp3) is 0.200. The fourth-order valence-corrected chi connectivity index (χ4v) is 2.43. The van der Waals surface area contributed by atoms with E-state index >= 15 is 0 Å². The molecule has 0 atom stereocenters. The van der Waals surface area contributed by atoms with Crippen LogP contribution in [0.4, 0.5) is 4.39 Å². The molecule has 1 aromatic heterocycles. The Morgan fingerprint density at radius 1 is 1.50 bits per heavy atom.